The van der Waals surface area contributed by atoms with Crippen LogP contribution in [0.3, 0.4) is 0 Å². The normalized spacial score (nSPS) is 10.1. The molecule has 1 N–H and O–H groups in total. The van der Waals surface area contributed by atoms with E-state index in [0.717, 1.165) is 0 Å². The standard InChI is InChI=1S/C18H17Cl2NO6/c1-24-15-8-16(25-2)14(7-13(15)20)21-17(22)9-27-18(23)10-26-12-5-3-11(19)4-6-12/h3-8H,9-10H2,1-2H3,(H,21,22). The number of amides is 1. The van der Waals surface area contributed by atoms with Crippen LogP contribution in [0, 0.1) is 0 Å². The summed E-state index contributed by atoms with van der Waals surface area (Å²) in [6, 6.07) is 9.49. The highest BCUT2D eigenvalue weighted by atomic mass is 35.5. The summed E-state index contributed by atoms with van der Waals surface area (Å²) in [6.45, 7) is -0.831. The molecular formula is C18H17Cl2NO6. The average Bonchev–Trinajstić information content (AvgIpc) is 2.66. The minimum atomic E-state index is -0.695. The maximum atomic E-state index is 12.0. The van der Waals surface area contributed by atoms with E-state index < -0.39 is 18.5 Å². The molecule has 0 saturated carbocycles. The summed E-state index contributed by atoms with van der Waals surface area (Å²) in [5.41, 5.74) is 0.321. The van der Waals surface area contributed by atoms with E-state index in [0.29, 0.717) is 33.0 Å². The zero-order valence-electron chi connectivity index (χ0n) is 14.6. The molecule has 0 aromatic heterocycles. The molecule has 2 aromatic rings. The second-order valence-electron chi connectivity index (χ2n) is 5.14. The van der Waals surface area contributed by atoms with Crippen LogP contribution in [0.4, 0.5) is 5.69 Å². The molecular weight excluding hydrogens is 397 g/mol. The van der Waals surface area contributed by atoms with E-state index in [1.54, 1.807) is 24.3 Å². The molecule has 0 bridgehead atoms. The highest BCUT2D eigenvalue weighted by Gasteiger charge is 2.14. The van der Waals surface area contributed by atoms with E-state index in [1.165, 1.54) is 26.4 Å². The summed E-state index contributed by atoms with van der Waals surface area (Å²) in [5.74, 6) is -0.0492. The van der Waals surface area contributed by atoms with Gasteiger partial charge in [0.25, 0.3) is 5.91 Å². The van der Waals surface area contributed by atoms with Gasteiger partial charge in [0.2, 0.25) is 0 Å². The van der Waals surface area contributed by atoms with Gasteiger partial charge in [0, 0.05) is 11.1 Å². The zero-order valence-corrected chi connectivity index (χ0v) is 16.1. The van der Waals surface area contributed by atoms with Crippen LogP contribution in [0.2, 0.25) is 10.0 Å². The van der Waals surface area contributed by atoms with E-state index in [1.807, 2.05) is 0 Å². The molecule has 1 amide bonds. The first kappa shape index (κ1) is 20.7. The van der Waals surface area contributed by atoms with Gasteiger partial charge in [-0.25, -0.2) is 4.79 Å². The summed E-state index contributed by atoms with van der Waals surface area (Å²) in [5, 5.41) is 3.40. The Kier molecular flexibility index (Phi) is 7.57. The molecule has 0 aliphatic heterocycles. The van der Waals surface area contributed by atoms with Crippen LogP contribution in [0.25, 0.3) is 0 Å². The summed E-state index contributed by atoms with van der Waals surface area (Å²) >= 11 is 11.8. The van der Waals surface area contributed by atoms with E-state index in [2.05, 4.69) is 5.32 Å². The number of esters is 1. The van der Waals surface area contributed by atoms with E-state index in [4.69, 9.17) is 42.1 Å². The predicted molar refractivity (Wildman–Crippen MR) is 101 cm³/mol. The Bertz CT molecular complexity index is 810. The number of rotatable bonds is 8. The molecule has 27 heavy (non-hydrogen) atoms. The van der Waals surface area contributed by atoms with Gasteiger partial charge in [0.1, 0.15) is 17.2 Å². The van der Waals surface area contributed by atoms with Crippen molar-refractivity contribution in [2.75, 3.05) is 32.8 Å². The third-order valence-corrected chi connectivity index (χ3v) is 3.83. The van der Waals surface area contributed by atoms with Crippen molar-refractivity contribution in [3.63, 3.8) is 0 Å². The molecule has 0 unspecified atom stereocenters. The minimum Gasteiger partial charge on any atom is -0.495 e. The lowest BCUT2D eigenvalue weighted by atomic mass is 10.2. The Morgan fingerprint density at radius 1 is 0.963 bits per heavy atom. The first-order chi connectivity index (χ1) is 12.9. The number of anilines is 1. The third kappa shape index (κ3) is 6.23. The lowest BCUT2D eigenvalue weighted by Gasteiger charge is -2.13. The Morgan fingerprint density at radius 2 is 1.63 bits per heavy atom. The SMILES string of the molecule is COc1cc(OC)c(NC(=O)COC(=O)COc2ccc(Cl)cc2)cc1Cl. The van der Waals surface area contributed by atoms with Gasteiger partial charge in [-0.1, -0.05) is 23.2 Å². The number of carbonyl (C=O) groups is 2. The fraction of sp³-hybridized carbons (Fsp3) is 0.222. The van der Waals surface area contributed by atoms with Crippen molar-refractivity contribution in [2.45, 2.75) is 0 Å². The van der Waals surface area contributed by atoms with Crippen LogP contribution in [-0.2, 0) is 14.3 Å². The molecule has 0 fully saturated rings. The van der Waals surface area contributed by atoms with E-state index in [9.17, 15) is 9.59 Å². The lowest BCUT2D eigenvalue weighted by Crippen LogP contribution is -2.23. The van der Waals surface area contributed by atoms with Crippen LogP contribution >= 0.6 is 23.2 Å². The average molecular weight is 414 g/mol. The molecule has 7 nitrogen and oxygen atoms in total. The fourth-order valence-corrected chi connectivity index (χ4v) is 2.37. The number of carbonyl (C=O) groups excluding carboxylic acids is 2. The van der Waals surface area contributed by atoms with Crippen LogP contribution in [0.5, 0.6) is 17.2 Å². The summed E-state index contributed by atoms with van der Waals surface area (Å²) in [6.07, 6.45) is 0. The maximum Gasteiger partial charge on any atom is 0.344 e. The largest absolute Gasteiger partial charge is 0.495 e. The number of hydrogen-bond acceptors (Lipinski definition) is 6. The van der Waals surface area contributed by atoms with Crippen molar-refractivity contribution in [1.82, 2.24) is 0 Å². The van der Waals surface area contributed by atoms with Crippen molar-refractivity contribution < 1.29 is 28.5 Å². The maximum absolute atomic E-state index is 12.0. The smallest absolute Gasteiger partial charge is 0.344 e. The first-order valence-electron chi connectivity index (χ1n) is 7.68. The van der Waals surface area contributed by atoms with Gasteiger partial charge < -0.3 is 24.3 Å². The molecule has 0 saturated heterocycles. The highest BCUT2D eigenvalue weighted by molar-refractivity contribution is 6.32. The molecule has 2 rings (SSSR count). The topological polar surface area (TPSA) is 83.1 Å². The van der Waals surface area contributed by atoms with Gasteiger partial charge in [-0.05, 0) is 30.3 Å². The number of hydrogen-bond donors (Lipinski definition) is 1. The third-order valence-electron chi connectivity index (χ3n) is 3.28. The Balaban J connectivity index is 1.84. The quantitative estimate of drug-likeness (QED) is 0.665. The number of ether oxygens (including phenoxy) is 4. The highest BCUT2D eigenvalue weighted by Crippen LogP contribution is 2.35. The van der Waals surface area contributed by atoms with Gasteiger partial charge in [-0.15, -0.1) is 0 Å². The molecule has 144 valence electrons. The van der Waals surface area contributed by atoms with Crippen LogP contribution in [0.1, 0.15) is 0 Å². The molecule has 9 heteroatoms. The first-order valence-corrected chi connectivity index (χ1v) is 8.44. The van der Waals surface area contributed by atoms with Gasteiger partial charge in [-0.2, -0.15) is 0 Å². The number of methoxy groups -OCH3 is 2. The summed E-state index contributed by atoms with van der Waals surface area (Å²) < 4.78 is 20.4. The Labute approximate surface area is 166 Å². The number of nitrogens with one attached hydrogen (secondary N) is 1. The molecule has 0 heterocycles. The van der Waals surface area contributed by atoms with Crippen molar-refractivity contribution >= 4 is 40.8 Å². The number of benzene rings is 2. The fourth-order valence-electron chi connectivity index (χ4n) is 2.00. The van der Waals surface area contributed by atoms with Crippen LogP contribution in [0.15, 0.2) is 36.4 Å². The number of halogens is 2. The zero-order chi connectivity index (χ0) is 19.8. The van der Waals surface area contributed by atoms with Crippen LogP contribution < -0.4 is 19.5 Å². The summed E-state index contributed by atoms with van der Waals surface area (Å²) in [4.78, 5) is 23.7. The lowest BCUT2D eigenvalue weighted by molar-refractivity contribution is -0.149. The summed E-state index contributed by atoms with van der Waals surface area (Å²) in [7, 11) is 2.90. The van der Waals surface area contributed by atoms with Crippen molar-refractivity contribution in [3.05, 3.63) is 46.4 Å². The molecule has 0 atom stereocenters. The van der Waals surface area contributed by atoms with Crippen LogP contribution in [-0.4, -0.2) is 39.3 Å². The van der Waals surface area contributed by atoms with E-state index in [-0.39, 0.29) is 6.61 Å². The van der Waals surface area contributed by atoms with E-state index >= 15 is 0 Å². The molecule has 0 radical (unpaired) electrons. The minimum absolute atomic E-state index is 0.293. The van der Waals surface area contributed by atoms with Crippen molar-refractivity contribution in [1.29, 1.82) is 0 Å². The second-order valence-corrected chi connectivity index (χ2v) is 5.98. The van der Waals surface area contributed by atoms with Gasteiger partial charge in [0.15, 0.2) is 13.2 Å². The Hall–Kier alpha value is -2.64. The second kappa shape index (κ2) is 9.89. The van der Waals surface area contributed by atoms with Crippen molar-refractivity contribution in [2.24, 2.45) is 0 Å². The molecule has 0 aliphatic rings. The predicted octanol–water partition coefficient (Wildman–Crippen LogP) is 3.57. The molecule has 0 aliphatic carbocycles. The molecule has 0 spiro atoms. The monoisotopic (exact) mass is 413 g/mol. The van der Waals surface area contributed by atoms with Gasteiger partial charge in [-0.3, -0.25) is 4.79 Å². The Morgan fingerprint density at radius 3 is 2.26 bits per heavy atom. The van der Waals surface area contributed by atoms with Gasteiger partial charge in [0.05, 0.1) is 24.9 Å². The molecule has 2 aromatic carbocycles. The van der Waals surface area contributed by atoms with Crippen molar-refractivity contribution in [3.8, 4) is 17.2 Å². The van der Waals surface area contributed by atoms with Gasteiger partial charge >= 0.3 is 5.97 Å².